The van der Waals surface area contributed by atoms with Crippen molar-refractivity contribution >= 4 is 22.6 Å². The van der Waals surface area contributed by atoms with Crippen molar-refractivity contribution in [2.45, 2.75) is 25.3 Å². The third kappa shape index (κ3) is 4.24. The average molecular weight is 451 g/mol. The van der Waals surface area contributed by atoms with E-state index in [0.29, 0.717) is 18.0 Å². The Labute approximate surface area is 190 Å². The fraction of sp³-hybridized carbons (Fsp3) is 0.250. The summed E-state index contributed by atoms with van der Waals surface area (Å²) in [7, 11) is 3.24. The van der Waals surface area contributed by atoms with Crippen LogP contribution in [0.25, 0.3) is 16.8 Å². The number of hydrogen-bond donors (Lipinski definition) is 1. The first kappa shape index (κ1) is 22.0. The van der Waals surface area contributed by atoms with E-state index in [9.17, 15) is 4.55 Å². The zero-order valence-corrected chi connectivity index (χ0v) is 19.6. The molecule has 2 heterocycles. The van der Waals surface area contributed by atoms with Crippen molar-refractivity contribution in [2.75, 3.05) is 25.8 Å². The van der Waals surface area contributed by atoms with E-state index in [4.69, 9.17) is 19.6 Å². The maximum atomic E-state index is 11.8. The highest BCUT2D eigenvalue weighted by molar-refractivity contribution is 7.90. The lowest BCUT2D eigenvalue weighted by atomic mass is 10.1. The quantitative estimate of drug-likeness (QED) is 0.421. The van der Waals surface area contributed by atoms with Crippen LogP contribution in [0.5, 0.6) is 11.5 Å². The zero-order valence-electron chi connectivity index (χ0n) is 18.8. The van der Waals surface area contributed by atoms with E-state index in [1.165, 1.54) is 0 Å². The van der Waals surface area contributed by atoms with Crippen LogP contribution in [0.3, 0.4) is 0 Å². The Morgan fingerprint density at radius 3 is 2.53 bits per heavy atom. The topological polar surface area (TPSA) is 83.7 Å². The van der Waals surface area contributed by atoms with Gasteiger partial charge in [-0.2, -0.15) is 9.61 Å². The Hall–Kier alpha value is -3.23. The molecule has 0 saturated carbocycles. The molecule has 1 unspecified atom stereocenters. The van der Waals surface area contributed by atoms with Crippen LogP contribution in [0.4, 0.5) is 5.82 Å². The smallest absolute Gasteiger partial charge is 0.165 e. The fourth-order valence-electron chi connectivity index (χ4n) is 3.73. The molecule has 32 heavy (non-hydrogen) atoms. The minimum absolute atomic E-state index is 0.578. The van der Waals surface area contributed by atoms with Gasteiger partial charge in [-0.05, 0) is 60.4 Å². The fourth-order valence-corrected chi connectivity index (χ4v) is 4.31. The molecule has 2 aromatic heterocycles. The number of aromatic nitrogens is 3. The van der Waals surface area contributed by atoms with Crippen molar-refractivity contribution < 1.29 is 14.0 Å². The lowest BCUT2D eigenvalue weighted by Crippen LogP contribution is -2.07. The molecule has 1 N–H and O–H groups in total. The molecular formula is C24H26N4O3S. The predicted molar refractivity (Wildman–Crippen MR) is 127 cm³/mol. The number of ether oxygens (including phenoxy) is 2. The van der Waals surface area contributed by atoms with E-state index >= 15 is 0 Å². The van der Waals surface area contributed by atoms with Gasteiger partial charge in [0, 0.05) is 23.9 Å². The van der Waals surface area contributed by atoms with E-state index < -0.39 is 11.2 Å². The second-order valence-corrected chi connectivity index (χ2v) is 8.88. The normalized spacial score (nSPS) is 12.1. The van der Waals surface area contributed by atoms with Crippen LogP contribution < -0.4 is 14.8 Å². The Morgan fingerprint density at radius 1 is 1.03 bits per heavy atom. The molecule has 4 aromatic rings. The second-order valence-electron chi connectivity index (χ2n) is 7.50. The Bertz CT molecular complexity index is 1270. The Kier molecular flexibility index (Phi) is 6.25. The first-order chi connectivity index (χ1) is 15.4. The van der Waals surface area contributed by atoms with Gasteiger partial charge in [0.1, 0.15) is 12.1 Å². The number of anilines is 1. The van der Waals surface area contributed by atoms with Crippen molar-refractivity contribution in [1.82, 2.24) is 14.6 Å². The van der Waals surface area contributed by atoms with Gasteiger partial charge >= 0.3 is 0 Å². The molecule has 0 amide bonds. The third-order valence-electron chi connectivity index (χ3n) is 5.27. The molecule has 8 heteroatoms. The average Bonchev–Trinajstić information content (AvgIpc) is 3.12. The van der Waals surface area contributed by atoms with Crippen LogP contribution in [0.15, 0.2) is 53.4 Å². The lowest BCUT2D eigenvalue weighted by molar-refractivity contribution is 0.355. The molecule has 166 valence electrons. The summed E-state index contributed by atoms with van der Waals surface area (Å²) in [4.78, 5) is 5.58. The number of nitrogens with zero attached hydrogens (tertiary/aromatic N) is 3. The summed E-state index contributed by atoms with van der Waals surface area (Å²) in [6, 6.07) is 15.6. The van der Waals surface area contributed by atoms with Crippen molar-refractivity contribution in [3.8, 4) is 22.6 Å². The van der Waals surface area contributed by atoms with Gasteiger partial charge in [0.15, 0.2) is 22.0 Å². The van der Waals surface area contributed by atoms with Gasteiger partial charge < -0.3 is 19.3 Å². The maximum absolute atomic E-state index is 11.8. The highest BCUT2D eigenvalue weighted by Crippen LogP contribution is 2.35. The van der Waals surface area contributed by atoms with Crippen molar-refractivity contribution in [1.29, 1.82) is 0 Å². The maximum Gasteiger partial charge on any atom is 0.165 e. The van der Waals surface area contributed by atoms with Gasteiger partial charge in [0.25, 0.3) is 0 Å². The number of fused-ring (bicyclic) bond motifs is 1. The van der Waals surface area contributed by atoms with Crippen molar-refractivity contribution in [2.24, 2.45) is 0 Å². The molecule has 1 atom stereocenters. The number of benzene rings is 2. The molecule has 4 rings (SSSR count). The van der Waals surface area contributed by atoms with Gasteiger partial charge in [-0.3, -0.25) is 0 Å². The third-order valence-corrected chi connectivity index (χ3v) is 6.19. The number of rotatable bonds is 7. The zero-order chi connectivity index (χ0) is 22.8. The summed E-state index contributed by atoms with van der Waals surface area (Å²) in [5, 5.41) is 8.22. The molecule has 0 aliphatic rings. The lowest BCUT2D eigenvalue weighted by Gasteiger charge is -2.12. The number of aryl methyl sites for hydroxylation is 2. The van der Waals surface area contributed by atoms with Gasteiger partial charge in [-0.25, -0.2) is 4.98 Å². The molecule has 0 radical (unpaired) electrons. The highest BCUT2D eigenvalue weighted by atomic mass is 32.2. The first-order valence-corrected chi connectivity index (χ1v) is 11.7. The molecule has 0 saturated heterocycles. The molecule has 0 aliphatic heterocycles. The molecule has 0 fully saturated rings. The van der Waals surface area contributed by atoms with Gasteiger partial charge in [0.2, 0.25) is 0 Å². The molecule has 7 nitrogen and oxygen atoms in total. The van der Waals surface area contributed by atoms with Crippen LogP contribution in [0.1, 0.15) is 17.0 Å². The summed E-state index contributed by atoms with van der Waals surface area (Å²) < 4.78 is 24.5. The molecule has 0 aliphatic carbocycles. The van der Waals surface area contributed by atoms with Gasteiger partial charge in [-0.15, -0.1) is 0 Å². The number of hydrogen-bond acceptors (Lipinski definition) is 6. The minimum atomic E-state index is -1.01. The van der Waals surface area contributed by atoms with Crippen LogP contribution in [0.2, 0.25) is 0 Å². The van der Waals surface area contributed by atoms with Crippen LogP contribution in [0, 0.1) is 13.8 Å². The van der Waals surface area contributed by atoms with Crippen LogP contribution >= 0.6 is 0 Å². The monoisotopic (exact) mass is 450 g/mol. The molecule has 0 spiro atoms. The molecule has 2 aromatic carbocycles. The SMILES string of the molecule is COc1ccc(-c2c(C)nn3c(NCc4cccc([S+](C)[O-])c4)cc(C)nc23)cc1OC. The van der Waals surface area contributed by atoms with Crippen LogP contribution in [-0.2, 0) is 17.7 Å². The van der Waals surface area contributed by atoms with Gasteiger partial charge in [-0.1, -0.05) is 18.2 Å². The summed E-state index contributed by atoms with van der Waals surface area (Å²) in [6.07, 6.45) is 1.69. The summed E-state index contributed by atoms with van der Waals surface area (Å²) in [5.41, 5.74) is 5.45. The van der Waals surface area contributed by atoms with E-state index in [1.807, 2.05) is 66.9 Å². The van der Waals surface area contributed by atoms with E-state index in [-0.39, 0.29) is 0 Å². The first-order valence-electron chi connectivity index (χ1n) is 10.2. The minimum Gasteiger partial charge on any atom is -0.612 e. The summed E-state index contributed by atoms with van der Waals surface area (Å²) in [5.74, 6) is 2.17. The second kappa shape index (κ2) is 9.10. The molecule has 0 bridgehead atoms. The summed E-state index contributed by atoms with van der Waals surface area (Å²) >= 11 is -1.01. The van der Waals surface area contributed by atoms with E-state index in [2.05, 4.69) is 5.32 Å². The van der Waals surface area contributed by atoms with Crippen LogP contribution in [-0.4, -0.2) is 39.6 Å². The Morgan fingerprint density at radius 2 is 1.81 bits per heavy atom. The summed E-state index contributed by atoms with van der Waals surface area (Å²) in [6.45, 7) is 4.51. The molecular weight excluding hydrogens is 424 g/mol. The van der Waals surface area contributed by atoms with E-state index in [1.54, 1.807) is 20.5 Å². The largest absolute Gasteiger partial charge is 0.612 e. The van der Waals surface area contributed by atoms with Gasteiger partial charge in [0.05, 0.1) is 19.9 Å². The Balaban J connectivity index is 1.73. The van der Waals surface area contributed by atoms with E-state index in [0.717, 1.165) is 44.4 Å². The number of methoxy groups -OCH3 is 2. The van der Waals surface area contributed by atoms with Crippen molar-refractivity contribution in [3.63, 3.8) is 0 Å². The van der Waals surface area contributed by atoms with Crippen molar-refractivity contribution in [3.05, 3.63) is 65.5 Å². The highest BCUT2D eigenvalue weighted by Gasteiger charge is 2.18. The number of nitrogens with one attached hydrogen (secondary N) is 1. The predicted octanol–water partition coefficient (Wildman–Crippen LogP) is 4.38. The standard InChI is InChI=1S/C24H26N4O3S/c1-15-11-22(25-14-17-7-6-8-19(12-17)32(5)29)28-24(26-15)23(16(2)27-28)18-9-10-20(30-3)21(13-18)31-4/h6-13,25H,14H2,1-5H3.